The molecule has 3 heterocycles. The first-order valence-corrected chi connectivity index (χ1v) is 12.5. The van der Waals surface area contributed by atoms with Crippen LogP contribution in [0.1, 0.15) is 27.9 Å². The largest absolute Gasteiger partial charge is 0.390 e. The van der Waals surface area contributed by atoms with Gasteiger partial charge in [-0.2, -0.15) is 0 Å². The number of anilines is 1. The van der Waals surface area contributed by atoms with Gasteiger partial charge in [-0.05, 0) is 23.6 Å². The lowest BCUT2D eigenvalue weighted by Gasteiger charge is -2.20. The number of amides is 1. The number of nitrogens with zero attached hydrogens (tertiary/aromatic N) is 3. The number of aliphatic hydroxyl groups excluding tert-OH is 1. The maximum absolute atomic E-state index is 12.5. The van der Waals surface area contributed by atoms with E-state index >= 15 is 0 Å². The van der Waals surface area contributed by atoms with Crippen molar-refractivity contribution in [2.75, 3.05) is 37.8 Å². The van der Waals surface area contributed by atoms with E-state index in [1.54, 1.807) is 12.3 Å². The van der Waals surface area contributed by atoms with Crippen LogP contribution in [0.5, 0.6) is 0 Å². The number of β-amino-alcohol motifs (C(OH)–C–C–N with tert-alkyl or cyclic N) is 1. The number of sulfonamides is 1. The molecule has 0 bridgehead atoms. The van der Waals surface area contributed by atoms with Crippen LogP contribution in [0.2, 0.25) is 0 Å². The third-order valence-corrected chi connectivity index (χ3v) is 7.13. The molecule has 0 aliphatic carbocycles. The van der Waals surface area contributed by atoms with Crippen LogP contribution < -0.4 is 10.6 Å². The van der Waals surface area contributed by atoms with Crippen LogP contribution in [0.3, 0.4) is 0 Å². The van der Waals surface area contributed by atoms with Crippen LogP contribution in [-0.4, -0.2) is 78.2 Å². The third-order valence-electron chi connectivity index (χ3n) is 5.86. The second-order valence-corrected chi connectivity index (χ2v) is 10.5. The van der Waals surface area contributed by atoms with Gasteiger partial charge in [0.2, 0.25) is 10.0 Å². The Morgan fingerprint density at radius 1 is 1.25 bits per heavy atom. The van der Waals surface area contributed by atoms with Gasteiger partial charge >= 0.3 is 0 Å². The standard InChI is InChI=1S/C22H29N5O4S/c1-32(30,31)27-7-6-19(14-27)25-20-8-18(9-23-10-20)22(29)24-11-21(28)15-26-12-16-4-2-3-5-17(16)13-26/h2-5,8-10,19,21,25,28H,6-7,11-15H2,1H3,(H,24,29)/t19?,21-/m0/s1. The van der Waals surface area contributed by atoms with E-state index in [4.69, 9.17) is 0 Å². The van der Waals surface area contributed by atoms with Crippen LogP contribution in [-0.2, 0) is 23.1 Å². The molecule has 4 rings (SSSR count). The van der Waals surface area contributed by atoms with Gasteiger partial charge in [0, 0.05) is 57.7 Å². The molecule has 1 amide bonds. The predicted molar refractivity (Wildman–Crippen MR) is 122 cm³/mol. The fourth-order valence-electron chi connectivity index (χ4n) is 4.23. The smallest absolute Gasteiger partial charge is 0.253 e. The van der Waals surface area contributed by atoms with E-state index in [2.05, 4.69) is 32.7 Å². The summed E-state index contributed by atoms with van der Waals surface area (Å²) in [6, 6.07) is 9.89. The van der Waals surface area contributed by atoms with Crippen LogP contribution in [0.15, 0.2) is 42.7 Å². The molecule has 2 atom stereocenters. The van der Waals surface area contributed by atoms with E-state index < -0.39 is 16.1 Å². The van der Waals surface area contributed by atoms with Gasteiger partial charge in [-0.1, -0.05) is 24.3 Å². The summed E-state index contributed by atoms with van der Waals surface area (Å²) >= 11 is 0. The van der Waals surface area contributed by atoms with Crippen molar-refractivity contribution in [2.45, 2.75) is 31.7 Å². The van der Waals surface area contributed by atoms with Gasteiger partial charge < -0.3 is 15.7 Å². The van der Waals surface area contributed by atoms with Crippen molar-refractivity contribution in [1.82, 2.24) is 19.5 Å². The van der Waals surface area contributed by atoms with E-state index in [0.717, 1.165) is 13.1 Å². The number of hydrogen-bond donors (Lipinski definition) is 3. The van der Waals surface area contributed by atoms with Gasteiger partial charge in [0.05, 0.1) is 23.6 Å². The zero-order chi connectivity index (χ0) is 22.7. The third kappa shape index (κ3) is 5.63. The quantitative estimate of drug-likeness (QED) is 0.531. The summed E-state index contributed by atoms with van der Waals surface area (Å²) in [5.41, 5.74) is 3.60. The molecule has 172 valence electrons. The minimum atomic E-state index is -3.20. The molecule has 1 aromatic carbocycles. The number of fused-ring (bicyclic) bond motifs is 1. The zero-order valence-corrected chi connectivity index (χ0v) is 18.9. The molecule has 3 N–H and O–H groups in total. The average molecular weight is 460 g/mol. The van der Waals surface area contributed by atoms with Crippen molar-refractivity contribution in [3.63, 3.8) is 0 Å². The molecule has 0 saturated carbocycles. The highest BCUT2D eigenvalue weighted by Gasteiger charge is 2.28. The number of hydrogen-bond acceptors (Lipinski definition) is 7. The van der Waals surface area contributed by atoms with E-state index in [-0.39, 0.29) is 18.5 Å². The number of pyridine rings is 1. The number of nitrogens with one attached hydrogen (secondary N) is 2. The maximum Gasteiger partial charge on any atom is 0.253 e. The molecule has 2 aliphatic rings. The van der Waals surface area contributed by atoms with E-state index in [1.807, 2.05) is 12.1 Å². The van der Waals surface area contributed by atoms with Crippen molar-refractivity contribution in [3.05, 3.63) is 59.4 Å². The van der Waals surface area contributed by atoms with Crippen LogP contribution in [0.4, 0.5) is 5.69 Å². The van der Waals surface area contributed by atoms with Crippen molar-refractivity contribution < 1.29 is 18.3 Å². The highest BCUT2D eigenvalue weighted by molar-refractivity contribution is 7.88. The SMILES string of the molecule is CS(=O)(=O)N1CCC(Nc2cncc(C(=O)NC[C@H](O)CN3Cc4ccccc4C3)c2)C1. The summed E-state index contributed by atoms with van der Waals surface area (Å²) in [6.45, 7) is 3.10. The number of rotatable bonds is 8. The molecule has 9 nitrogen and oxygen atoms in total. The summed E-state index contributed by atoms with van der Waals surface area (Å²) in [5, 5.41) is 16.4. The van der Waals surface area contributed by atoms with Gasteiger partial charge in [0.25, 0.3) is 5.91 Å². The normalized spacial score (nSPS) is 20.1. The Bertz CT molecular complexity index is 1050. The van der Waals surface area contributed by atoms with Gasteiger partial charge in [0.1, 0.15) is 0 Å². The Morgan fingerprint density at radius 3 is 2.62 bits per heavy atom. The Kier molecular flexibility index (Phi) is 6.75. The summed E-state index contributed by atoms with van der Waals surface area (Å²) in [4.78, 5) is 18.8. The molecule has 1 saturated heterocycles. The lowest BCUT2D eigenvalue weighted by Crippen LogP contribution is -2.38. The maximum atomic E-state index is 12.5. The van der Waals surface area contributed by atoms with Gasteiger partial charge in [-0.15, -0.1) is 0 Å². The molecule has 0 spiro atoms. The molecule has 2 aromatic rings. The van der Waals surface area contributed by atoms with Gasteiger partial charge in [-0.25, -0.2) is 12.7 Å². The van der Waals surface area contributed by atoms with Gasteiger partial charge in [0.15, 0.2) is 0 Å². The van der Waals surface area contributed by atoms with Crippen molar-refractivity contribution in [2.24, 2.45) is 0 Å². The molecule has 1 unspecified atom stereocenters. The van der Waals surface area contributed by atoms with Crippen molar-refractivity contribution in [1.29, 1.82) is 0 Å². The van der Waals surface area contributed by atoms with E-state index in [0.29, 0.717) is 37.3 Å². The first kappa shape index (κ1) is 22.7. The number of aliphatic hydroxyl groups is 1. The van der Waals surface area contributed by atoms with E-state index in [9.17, 15) is 18.3 Å². The minimum absolute atomic E-state index is 0.0313. The topological polar surface area (TPSA) is 115 Å². The Labute approximate surface area is 188 Å². The molecule has 10 heteroatoms. The fraction of sp³-hybridized carbons (Fsp3) is 0.455. The van der Waals surface area contributed by atoms with E-state index in [1.165, 1.54) is 27.9 Å². The predicted octanol–water partition coefficient (Wildman–Crippen LogP) is 0.634. The molecular formula is C22H29N5O4S. The van der Waals surface area contributed by atoms with Crippen LogP contribution >= 0.6 is 0 Å². The Hall–Kier alpha value is -2.53. The molecule has 0 radical (unpaired) electrons. The lowest BCUT2D eigenvalue weighted by molar-refractivity contribution is 0.0855. The molecule has 1 aromatic heterocycles. The second kappa shape index (κ2) is 9.53. The van der Waals surface area contributed by atoms with Crippen molar-refractivity contribution in [3.8, 4) is 0 Å². The minimum Gasteiger partial charge on any atom is -0.390 e. The summed E-state index contributed by atoms with van der Waals surface area (Å²) in [6.07, 6.45) is 4.30. The number of aromatic nitrogens is 1. The number of benzene rings is 1. The molecule has 2 aliphatic heterocycles. The first-order valence-electron chi connectivity index (χ1n) is 10.7. The second-order valence-electron chi connectivity index (χ2n) is 8.52. The summed E-state index contributed by atoms with van der Waals surface area (Å²) < 4.78 is 24.8. The van der Waals surface area contributed by atoms with Crippen LogP contribution in [0.25, 0.3) is 0 Å². The molecule has 1 fully saturated rings. The van der Waals surface area contributed by atoms with Crippen molar-refractivity contribution >= 4 is 21.6 Å². The Balaban J connectivity index is 1.25. The average Bonchev–Trinajstić information content (AvgIpc) is 3.38. The first-order chi connectivity index (χ1) is 15.3. The number of carbonyl (C=O) groups is 1. The summed E-state index contributed by atoms with van der Waals surface area (Å²) in [7, 11) is -3.20. The molecule has 32 heavy (non-hydrogen) atoms. The highest BCUT2D eigenvalue weighted by Crippen LogP contribution is 2.22. The number of carbonyl (C=O) groups excluding carboxylic acids is 1. The Morgan fingerprint density at radius 2 is 1.97 bits per heavy atom. The summed E-state index contributed by atoms with van der Waals surface area (Å²) in [5.74, 6) is -0.311. The monoisotopic (exact) mass is 459 g/mol. The molecular weight excluding hydrogens is 430 g/mol. The lowest BCUT2D eigenvalue weighted by atomic mass is 10.1. The van der Waals surface area contributed by atoms with Gasteiger partial charge in [-0.3, -0.25) is 14.7 Å². The zero-order valence-electron chi connectivity index (χ0n) is 18.1. The fourth-order valence-corrected chi connectivity index (χ4v) is 5.12. The highest BCUT2D eigenvalue weighted by atomic mass is 32.2. The van der Waals surface area contributed by atoms with Crippen LogP contribution in [0, 0.1) is 0 Å².